The monoisotopic (exact) mass is 399 g/mol. The van der Waals surface area contributed by atoms with E-state index in [0.29, 0.717) is 13.1 Å². The van der Waals surface area contributed by atoms with Gasteiger partial charge in [-0.3, -0.25) is 4.79 Å². The van der Waals surface area contributed by atoms with Crippen molar-refractivity contribution in [2.24, 2.45) is 0 Å². The number of benzene rings is 1. The highest BCUT2D eigenvalue weighted by Crippen LogP contribution is 2.22. The number of likely N-dealkylation sites (N-methyl/N-ethyl adjacent to an activating group) is 1. The van der Waals surface area contributed by atoms with Crippen molar-refractivity contribution >= 4 is 21.8 Å². The predicted molar refractivity (Wildman–Crippen MR) is 97.3 cm³/mol. The van der Waals surface area contributed by atoms with Crippen LogP contribution in [0, 0.1) is 0 Å². The zero-order valence-electron chi connectivity index (χ0n) is 15.1. The summed E-state index contributed by atoms with van der Waals surface area (Å²) in [6.07, 6.45) is 0.186. The number of hydrogen-bond donors (Lipinski definition) is 1. The number of halogens is 1. The Morgan fingerprint density at radius 2 is 2.04 bits per heavy atom. The quantitative estimate of drug-likeness (QED) is 0.815. The van der Waals surface area contributed by atoms with Crippen molar-refractivity contribution in [3.05, 3.63) is 28.2 Å². The van der Waals surface area contributed by atoms with Gasteiger partial charge in [-0.25, -0.2) is 0 Å². The number of quaternary nitrogens is 1. The van der Waals surface area contributed by atoms with E-state index in [1.54, 1.807) is 7.11 Å². The van der Waals surface area contributed by atoms with Crippen molar-refractivity contribution in [2.75, 3.05) is 27.2 Å². The Morgan fingerprint density at radius 1 is 1.42 bits per heavy atom. The molecule has 1 heterocycles. The van der Waals surface area contributed by atoms with E-state index >= 15 is 0 Å². The number of carbonyl (C=O) groups is 1. The molecule has 1 amide bonds. The Hall–Kier alpha value is -1.11. The fraction of sp³-hybridized carbons (Fsp3) is 0.611. The van der Waals surface area contributed by atoms with Crippen LogP contribution in [0.5, 0.6) is 5.75 Å². The van der Waals surface area contributed by atoms with Crippen molar-refractivity contribution < 1.29 is 19.2 Å². The normalized spacial score (nSPS) is 23.7. The van der Waals surface area contributed by atoms with Gasteiger partial charge in [-0.1, -0.05) is 15.9 Å². The van der Waals surface area contributed by atoms with Crippen LogP contribution >= 0.6 is 15.9 Å². The Bertz CT molecular complexity index is 571. The lowest BCUT2D eigenvalue weighted by atomic mass is 10.1. The number of hydrogen-bond acceptors (Lipinski definition) is 3. The SMILES string of the molecule is COc1ccc(Br)cc1C[NH+](C)[C@H](C)C(=O)N1C[C@@H](C)O[C@@H](C)C1. The summed E-state index contributed by atoms with van der Waals surface area (Å²) in [6, 6.07) is 5.84. The van der Waals surface area contributed by atoms with E-state index in [4.69, 9.17) is 9.47 Å². The van der Waals surface area contributed by atoms with Crippen LogP contribution in [-0.4, -0.2) is 56.3 Å². The van der Waals surface area contributed by atoms with E-state index in [-0.39, 0.29) is 24.2 Å². The third kappa shape index (κ3) is 4.71. The summed E-state index contributed by atoms with van der Waals surface area (Å²) in [5.74, 6) is 1.04. The van der Waals surface area contributed by atoms with E-state index in [1.165, 1.54) is 0 Å². The summed E-state index contributed by atoms with van der Waals surface area (Å²) < 4.78 is 12.2. The second-order valence-electron chi connectivity index (χ2n) is 6.70. The number of nitrogens with one attached hydrogen (secondary N) is 1. The molecule has 6 heteroatoms. The van der Waals surface area contributed by atoms with E-state index in [9.17, 15) is 4.79 Å². The van der Waals surface area contributed by atoms with Gasteiger partial charge in [0, 0.05) is 23.1 Å². The molecule has 134 valence electrons. The van der Waals surface area contributed by atoms with Gasteiger partial charge in [-0.2, -0.15) is 0 Å². The second kappa shape index (κ2) is 8.32. The molecule has 5 nitrogen and oxygen atoms in total. The number of nitrogens with zero attached hydrogens (tertiary/aromatic N) is 1. The summed E-state index contributed by atoms with van der Waals surface area (Å²) in [4.78, 5) is 15.9. The standard InChI is InChI=1S/C18H27BrN2O3/c1-12-9-21(10-13(2)24-12)18(22)14(3)20(4)11-15-8-16(19)6-7-17(15)23-5/h6-8,12-14H,9-11H2,1-5H3/p+1/t12-,13+,14-/m1/s1. The van der Waals surface area contributed by atoms with Gasteiger partial charge in [-0.05, 0) is 39.0 Å². The molecule has 0 bridgehead atoms. The van der Waals surface area contributed by atoms with Gasteiger partial charge < -0.3 is 19.3 Å². The number of ether oxygens (including phenoxy) is 2. The van der Waals surface area contributed by atoms with Crippen LogP contribution in [0.2, 0.25) is 0 Å². The summed E-state index contributed by atoms with van der Waals surface area (Å²) in [5.41, 5.74) is 1.09. The Kier molecular flexibility index (Phi) is 6.66. The maximum absolute atomic E-state index is 12.9. The Labute approximate surface area is 153 Å². The summed E-state index contributed by atoms with van der Waals surface area (Å²) >= 11 is 3.50. The molecule has 0 aliphatic carbocycles. The van der Waals surface area contributed by atoms with Crippen LogP contribution in [0.4, 0.5) is 0 Å². The highest BCUT2D eigenvalue weighted by molar-refractivity contribution is 9.10. The molecule has 0 aromatic heterocycles. The molecule has 1 N–H and O–H groups in total. The molecule has 0 spiro atoms. The van der Waals surface area contributed by atoms with Crippen LogP contribution in [0.1, 0.15) is 26.3 Å². The number of amides is 1. The highest BCUT2D eigenvalue weighted by atomic mass is 79.9. The number of rotatable bonds is 5. The van der Waals surface area contributed by atoms with Crippen molar-refractivity contribution in [1.29, 1.82) is 0 Å². The maximum Gasteiger partial charge on any atom is 0.280 e. The first kappa shape index (κ1) is 19.2. The van der Waals surface area contributed by atoms with Crippen LogP contribution in [-0.2, 0) is 16.1 Å². The van der Waals surface area contributed by atoms with Gasteiger partial charge in [0.15, 0.2) is 6.04 Å². The lowest BCUT2D eigenvalue weighted by Crippen LogP contribution is -3.12. The average Bonchev–Trinajstić information content (AvgIpc) is 2.52. The van der Waals surface area contributed by atoms with Gasteiger partial charge in [0.1, 0.15) is 12.3 Å². The summed E-state index contributed by atoms with van der Waals surface area (Å²) in [7, 11) is 3.73. The van der Waals surface area contributed by atoms with Crippen molar-refractivity contribution in [2.45, 2.75) is 45.6 Å². The minimum Gasteiger partial charge on any atom is -0.496 e. The highest BCUT2D eigenvalue weighted by Gasteiger charge is 2.32. The van der Waals surface area contributed by atoms with Crippen molar-refractivity contribution in [3.8, 4) is 5.75 Å². The lowest BCUT2D eigenvalue weighted by molar-refractivity contribution is -0.908. The first-order chi connectivity index (χ1) is 11.3. The molecule has 1 aliphatic heterocycles. The molecule has 1 fully saturated rings. The van der Waals surface area contributed by atoms with E-state index in [2.05, 4.69) is 29.0 Å². The largest absolute Gasteiger partial charge is 0.496 e. The van der Waals surface area contributed by atoms with Crippen molar-refractivity contribution in [3.63, 3.8) is 0 Å². The number of methoxy groups -OCH3 is 1. The third-order valence-corrected chi connectivity index (χ3v) is 5.05. The maximum atomic E-state index is 12.9. The number of carbonyl (C=O) groups excluding carboxylic acids is 1. The van der Waals surface area contributed by atoms with Gasteiger partial charge in [0.2, 0.25) is 0 Å². The molecule has 24 heavy (non-hydrogen) atoms. The van der Waals surface area contributed by atoms with Gasteiger partial charge >= 0.3 is 0 Å². The average molecular weight is 400 g/mol. The summed E-state index contributed by atoms with van der Waals surface area (Å²) in [5, 5.41) is 0. The van der Waals surface area contributed by atoms with Crippen LogP contribution < -0.4 is 9.64 Å². The molecule has 1 saturated heterocycles. The predicted octanol–water partition coefficient (Wildman–Crippen LogP) is 1.50. The van der Waals surface area contributed by atoms with Crippen LogP contribution in [0.15, 0.2) is 22.7 Å². The van der Waals surface area contributed by atoms with Gasteiger partial charge in [0.25, 0.3) is 5.91 Å². The molecule has 4 atom stereocenters. The molecule has 1 aromatic carbocycles. The van der Waals surface area contributed by atoms with E-state index in [0.717, 1.165) is 27.2 Å². The topological polar surface area (TPSA) is 43.2 Å². The molecule has 1 aromatic rings. The smallest absolute Gasteiger partial charge is 0.280 e. The van der Waals surface area contributed by atoms with Crippen LogP contribution in [0.3, 0.4) is 0 Å². The third-order valence-electron chi connectivity index (χ3n) is 4.55. The number of morpholine rings is 1. The zero-order chi connectivity index (χ0) is 17.9. The van der Waals surface area contributed by atoms with E-state index < -0.39 is 0 Å². The summed E-state index contributed by atoms with van der Waals surface area (Å²) in [6.45, 7) is 8.09. The fourth-order valence-electron chi connectivity index (χ4n) is 3.18. The molecular weight excluding hydrogens is 372 g/mol. The Morgan fingerprint density at radius 3 is 2.62 bits per heavy atom. The van der Waals surface area contributed by atoms with Crippen LogP contribution in [0.25, 0.3) is 0 Å². The molecule has 2 rings (SSSR count). The van der Waals surface area contributed by atoms with E-state index in [1.807, 2.05) is 37.8 Å². The van der Waals surface area contributed by atoms with Gasteiger partial charge in [-0.15, -0.1) is 0 Å². The first-order valence-electron chi connectivity index (χ1n) is 8.40. The fourth-order valence-corrected chi connectivity index (χ4v) is 3.59. The second-order valence-corrected chi connectivity index (χ2v) is 7.62. The van der Waals surface area contributed by atoms with Crippen molar-refractivity contribution in [1.82, 2.24) is 4.90 Å². The first-order valence-corrected chi connectivity index (χ1v) is 9.20. The molecular formula is C18H28BrN2O3+. The Balaban J connectivity index is 2.05. The minimum atomic E-state index is -0.119. The lowest BCUT2D eigenvalue weighted by Gasteiger charge is -2.37. The molecule has 1 aliphatic rings. The van der Waals surface area contributed by atoms with Gasteiger partial charge in [0.05, 0.1) is 26.4 Å². The minimum absolute atomic E-state index is 0.0929. The molecule has 0 radical (unpaired) electrons. The molecule has 1 unspecified atom stereocenters. The molecule has 0 saturated carbocycles. The zero-order valence-corrected chi connectivity index (χ0v) is 16.7.